The van der Waals surface area contributed by atoms with Gasteiger partial charge in [0.1, 0.15) is 42.3 Å². The number of halogens is 1. The third kappa shape index (κ3) is 9.02. The van der Waals surface area contributed by atoms with E-state index >= 15 is 0 Å². The summed E-state index contributed by atoms with van der Waals surface area (Å²) in [6.07, 6.45) is 12.0. The molecule has 1 aliphatic heterocycles. The number of nitrogens with zero attached hydrogens (tertiary/aromatic N) is 4. The highest BCUT2D eigenvalue weighted by molar-refractivity contribution is 9.10. The van der Waals surface area contributed by atoms with E-state index in [-0.39, 0.29) is 17.2 Å². The third-order valence-corrected chi connectivity index (χ3v) is 8.64. The standard InChI is InChI=1S/C22H22N2O4.C17H15BrN2O3/c1-26-17-6-7-18-19(14-17)23-10-9-21(18)28-13-11-24-15-16(5-8-22(24)25)20-4-2-3-12-27-20;1-22-13-3-4-14-15(10-13)19-7-6-16(14)23-9-8-20-11-12(18)2-5-17(20)21/h2,4-10,14-15,20H,3,11-13H2,1H3;2-7,10-11H,8-9H2,1H3. The zero-order valence-corrected chi connectivity index (χ0v) is 29.8. The Balaban J connectivity index is 0.000000179. The number of hydrogen-bond acceptors (Lipinski definition) is 9. The van der Waals surface area contributed by atoms with Crippen LogP contribution >= 0.6 is 15.9 Å². The second-order valence-corrected chi connectivity index (χ2v) is 12.4. The summed E-state index contributed by atoms with van der Waals surface area (Å²) < 4.78 is 32.1. The fourth-order valence-electron chi connectivity index (χ4n) is 5.53. The van der Waals surface area contributed by atoms with Gasteiger partial charge in [-0.15, -0.1) is 0 Å². The summed E-state index contributed by atoms with van der Waals surface area (Å²) >= 11 is 3.36. The van der Waals surface area contributed by atoms with E-state index in [0.29, 0.717) is 32.9 Å². The van der Waals surface area contributed by atoms with Gasteiger partial charge in [-0.3, -0.25) is 19.6 Å². The molecule has 0 bridgehead atoms. The van der Waals surface area contributed by atoms with Crippen molar-refractivity contribution < 1.29 is 23.7 Å². The Morgan fingerprint density at radius 1 is 0.745 bits per heavy atom. The molecule has 0 aliphatic carbocycles. The van der Waals surface area contributed by atoms with Gasteiger partial charge in [0.05, 0.1) is 44.9 Å². The van der Waals surface area contributed by atoms with Crippen LogP contribution in [0.25, 0.3) is 21.8 Å². The predicted octanol–water partition coefficient (Wildman–Crippen LogP) is 6.75. The van der Waals surface area contributed by atoms with Gasteiger partial charge in [0.15, 0.2) is 0 Å². The van der Waals surface area contributed by atoms with Crippen LogP contribution in [0, 0.1) is 0 Å². The minimum absolute atomic E-state index is 0.0545. The molecule has 1 aliphatic rings. The third-order valence-electron chi connectivity index (χ3n) is 8.17. The normalized spacial score (nSPS) is 13.7. The van der Waals surface area contributed by atoms with Crippen molar-refractivity contribution in [3.05, 3.63) is 140 Å². The highest BCUT2D eigenvalue weighted by Crippen LogP contribution is 2.28. The van der Waals surface area contributed by atoms with Gasteiger partial charge >= 0.3 is 0 Å². The van der Waals surface area contributed by atoms with Crippen LogP contribution in [-0.2, 0) is 17.8 Å². The molecule has 1 atom stereocenters. The highest BCUT2D eigenvalue weighted by Gasteiger charge is 2.13. The Kier molecular flexibility index (Phi) is 11.8. The number of pyridine rings is 4. The molecule has 0 saturated carbocycles. The molecular formula is C39H37BrN4O7. The van der Waals surface area contributed by atoms with Gasteiger partial charge in [0.2, 0.25) is 0 Å². The largest absolute Gasteiger partial charge is 0.497 e. The summed E-state index contributed by atoms with van der Waals surface area (Å²) in [6.45, 7) is 2.38. The molecule has 51 heavy (non-hydrogen) atoms. The van der Waals surface area contributed by atoms with Crippen molar-refractivity contribution in [1.29, 1.82) is 0 Å². The first-order valence-corrected chi connectivity index (χ1v) is 17.2. The quantitative estimate of drug-likeness (QED) is 0.133. The van der Waals surface area contributed by atoms with Gasteiger partial charge < -0.3 is 32.8 Å². The molecule has 12 heteroatoms. The van der Waals surface area contributed by atoms with Gasteiger partial charge in [-0.1, -0.05) is 12.2 Å². The van der Waals surface area contributed by atoms with E-state index < -0.39 is 0 Å². The van der Waals surface area contributed by atoms with Crippen molar-refractivity contribution >= 4 is 37.7 Å². The molecule has 1 unspecified atom stereocenters. The lowest BCUT2D eigenvalue weighted by molar-refractivity contribution is 0.0795. The van der Waals surface area contributed by atoms with Gasteiger partial charge in [0, 0.05) is 69.9 Å². The van der Waals surface area contributed by atoms with Crippen LogP contribution in [-0.4, -0.2) is 53.1 Å². The van der Waals surface area contributed by atoms with Crippen LogP contribution < -0.4 is 30.1 Å². The Hall–Kier alpha value is -5.46. The average Bonchev–Trinajstić information content (AvgIpc) is 3.17. The monoisotopic (exact) mass is 752 g/mol. The van der Waals surface area contributed by atoms with Gasteiger partial charge in [0.25, 0.3) is 11.1 Å². The van der Waals surface area contributed by atoms with Crippen molar-refractivity contribution in [3.8, 4) is 23.0 Å². The van der Waals surface area contributed by atoms with Crippen molar-refractivity contribution in [2.45, 2.75) is 25.6 Å². The Morgan fingerprint density at radius 2 is 1.31 bits per heavy atom. The SMILES string of the molecule is COc1ccc2c(OCCn3cc(Br)ccc3=O)ccnc2c1.COc1ccc2c(OCCn3cc(C4C=CCCO4)ccc3=O)ccnc2c1. The summed E-state index contributed by atoms with van der Waals surface area (Å²) in [6, 6.07) is 21.6. The number of aromatic nitrogens is 4. The maximum absolute atomic E-state index is 12.2. The summed E-state index contributed by atoms with van der Waals surface area (Å²) in [4.78, 5) is 32.6. The summed E-state index contributed by atoms with van der Waals surface area (Å²) in [5, 5.41) is 1.82. The molecular weight excluding hydrogens is 716 g/mol. The lowest BCUT2D eigenvalue weighted by Crippen LogP contribution is -2.23. The van der Waals surface area contributed by atoms with E-state index in [0.717, 1.165) is 61.3 Å². The fraction of sp³-hybridized carbons (Fsp3) is 0.231. The van der Waals surface area contributed by atoms with E-state index in [1.165, 1.54) is 6.07 Å². The van der Waals surface area contributed by atoms with Crippen LogP contribution in [0.2, 0.25) is 0 Å². The fourth-order valence-corrected chi connectivity index (χ4v) is 5.91. The summed E-state index contributed by atoms with van der Waals surface area (Å²) in [5.41, 5.74) is 2.47. The Bertz CT molecular complexity index is 2270. The second kappa shape index (κ2) is 17.0. The van der Waals surface area contributed by atoms with Gasteiger partial charge in [-0.05, 0) is 70.9 Å². The molecule has 11 nitrogen and oxygen atoms in total. The predicted molar refractivity (Wildman–Crippen MR) is 199 cm³/mol. The molecule has 0 saturated heterocycles. The smallest absolute Gasteiger partial charge is 0.250 e. The van der Waals surface area contributed by atoms with Crippen molar-refractivity contribution in [2.75, 3.05) is 34.0 Å². The van der Waals surface area contributed by atoms with E-state index in [4.69, 9.17) is 23.7 Å². The molecule has 2 aromatic carbocycles. The van der Waals surface area contributed by atoms with Crippen molar-refractivity contribution in [2.24, 2.45) is 0 Å². The lowest BCUT2D eigenvalue weighted by atomic mass is 10.1. The van der Waals surface area contributed by atoms with E-state index in [2.05, 4.69) is 32.0 Å². The van der Waals surface area contributed by atoms with Crippen molar-refractivity contribution in [1.82, 2.24) is 19.1 Å². The molecule has 262 valence electrons. The first-order valence-electron chi connectivity index (χ1n) is 16.4. The zero-order chi connectivity index (χ0) is 35.6. The molecule has 5 heterocycles. The van der Waals surface area contributed by atoms with Crippen LogP contribution in [0.3, 0.4) is 0 Å². The molecule has 4 aromatic heterocycles. The Morgan fingerprint density at radius 3 is 1.86 bits per heavy atom. The lowest BCUT2D eigenvalue weighted by Gasteiger charge is -2.19. The molecule has 6 aromatic rings. The molecule has 0 amide bonds. The zero-order valence-electron chi connectivity index (χ0n) is 28.2. The number of methoxy groups -OCH3 is 2. The average molecular weight is 754 g/mol. The number of benzene rings is 2. The molecule has 7 rings (SSSR count). The molecule has 0 N–H and O–H groups in total. The topological polar surface area (TPSA) is 116 Å². The summed E-state index contributed by atoms with van der Waals surface area (Å²) in [5.74, 6) is 2.97. The van der Waals surface area contributed by atoms with E-state index in [1.807, 2.05) is 66.9 Å². The van der Waals surface area contributed by atoms with Crippen LogP contribution in [0.15, 0.2) is 124 Å². The van der Waals surface area contributed by atoms with E-state index in [9.17, 15) is 9.59 Å². The minimum atomic E-state index is -0.0966. The number of hydrogen-bond donors (Lipinski definition) is 0. The van der Waals surface area contributed by atoms with Crippen LogP contribution in [0.4, 0.5) is 0 Å². The maximum atomic E-state index is 12.2. The van der Waals surface area contributed by atoms with E-state index in [1.54, 1.807) is 54.1 Å². The molecule has 0 radical (unpaired) electrons. The number of rotatable bonds is 11. The number of fused-ring (bicyclic) bond motifs is 2. The maximum Gasteiger partial charge on any atom is 0.250 e. The molecule has 0 spiro atoms. The first-order chi connectivity index (χ1) is 24.9. The van der Waals surface area contributed by atoms with Gasteiger partial charge in [-0.2, -0.15) is 0 Å². The van der Waals surface area contributed by atoms with Crippen molar-refractivity contribution in [3.63, 3.8) is 0 Å². The Labute approximate surface area is 302 Å². The molecule has 0 fully saturated rings. The minimum Gasteiger partial charge on any atom is -0.497 e. The number of ether oxygens (including phenoxy) is 5. The van der Waals surface area contributed by atoms with Crippen LogP contribution in [0.1, 0.15) is 18.1 Å². The van der Waals surface area contributed by atoms with Crippen LogP contribution in [0.5, 0.6) is 23.0 Å². The summed E-state index contributed by atoms with van der Waals surface area (Å²) in [7, 11) is 3.25. The second-order valence-electron chi connectivity index (χ2n) is 11.5. The highest BCUT2D eigenvalue weighted by atomic mass is 79.9. The first kappa shape index (κ1) is 35.4. The van der Waals surface area contributed by atoms with Gasteiger partial charge in [-0.25, -0.2) is 0 Å².